The molecule has 1 N–H and O–H groups in total. The van der Waals surface area contributed by atoms with Crippen LogP contribution < -0.4 is 58.6 Å². The van der Waals surface area contributed by atoms with Crippen LogP contribution in [0.1, 0.15) is 37.0 Å². The van der Waals surface area contributed by atoms with E-state index in [0.717, 1.165) is 7.11 Å². The summed E-state index contributed by atoms with van der Waals surface area (Å²) in [5, 5.41) is 3.64. The van der Waals surface area contributed by atoms with Gasteiger partial charge in [-0.3, -0.25) is 4.79 Å². The molecule has 7 aromatic rings. The Morgan fingerprint density at radius 2 is 1.31 bits per heavy atom. The van der Waals surface area contributed by atoms with E-state index < -0.39 is 51.1 Å². The Kier molecular flexibility index (Phi) is 23.9. The number of carbonyl (C=O) groups excluding carboxylic acids is 4. The first-order valence-electron chi connectivity index (χ1n) is 21.3. The largest absolute Gasteiger partial charge is 1.00 e. The van der Waals surface area contributed by atoms with Gasteiger partial charge in [0.05, 0.1) is 43.4 Å². The maximum Gasteiger partial charge on any atom is 1.00 e. The first-order chi connectivity index (χ1) is 35.2. The molecule has 0 aliphatic heterocycles. The predicted molar refractivity (Wildman–Crippen MR) is 279 cm³/mol. The number of halogens is 4. The van der Waals surface area contributed by atoms with Crippen molar-refractivity contribution in [1.82, 2.24) is 19.9 Å². The molecule has 2 heterocycles. The summed E-state index contributed by atoms with van der Waals surface area (Å²) in [5.41, 5.74) is 0.959. The molecule has 0 aliphatic rings. The van der Waals surface area contributed by atoms with Gasteiger partial charge in [-0.15, -0.1) is 0 Å². The number of oxazole rings is 1. The van der Waals surface area contributed by atoms with E-state index in [9.17, 15) is 27.6 Å². The fourth-order valence-electron chi connectivity index (χ4n) is 5.68. The van der Waals surface area contributed by atoms with E-state index in [1.165, 1.54) is 39.3 Å². The van der Waals surface area contributed by atoms with Crippen molar-refractivity contribution >= 4 is 108 Å². The standard InChI is InChI=1S/C18H16ClNO5.C16H14Cl2O4.C14H14IN5O6S.Na/c1-3-22-17(21)11(2)23-13-5-7-14(8-6-13)24-18-20-15-9-4-12(19)10-16(15)25-18;1-10(16(19)20-2)21-12-4-6-13(7-5-12)22-15-8-3-11(17)9-14(15)18;1-7-16-12(19-14(17-7)26-3)18-13(22)20-27(23,24)10-6-8(15)4-5-9(10)11(21)25-2;/h4-11H,3H2,1-2H3;3-10H,1-2H3;4-6H,1-3H3,(H2,16,17,18,19,20,22);/q;;;+1/p-1/t11-;;;/m1.../s1. The van der Waals surface area contributed by atoms with Crippen molar-refractivity contribution < 1.29 is 99.5 Å². The van der Waals surface area contributed by atoms with Crippen molar-refractivity contribution in [2.45, 2.75) is 44.8 Å². The average molecular weight is 1230 g/mol. The number of hydrogen-bond donors (Lipinski definition) is 1. The number of urea groups is 1. The number of sulfonamides is 1. The molecule has 0 fully saturated rings. The average Bonchev–Trinajstić information content (AvgIpc) is 3.76. The van der Waals surface area contributed by atoms with Crippen LogP contribution in [0.25, 0.3) is 15.8 Å². The zero-order chi connectivity index (χ0) is 54.1. The van der Waals surface area contributed by atoms with E-state index >= 15 is 0 Å². The maximum atomic E-state index is 12.5. The summed E-state index contributed by atoms with van der Waals surface area (Å²) in [6.07, 6.45) is -1.25. The molecule has 0 saturated carbocycles. The van der Waals surface area contributed by atoms with Crippen LogP contribution in [0.2, 0.25) is 15.1 Å². The van der Waals surface area contributed by atoms with Crippen molar-refractivity contribution in [3.63, 3.8) is 0 Å². The van der Waals surface area contributed by atoms with E-state index in [0.29, 0.717) is 65.1 Å². The molecule has 0 radical (unpaired) electrons. The normalized spacial score (nSPS) is 11.3. The van der Waals surface area contributed by atoms with Crippen molar-refractivity contribution in [3.05, 3.63) is 138 Å². The van der Waals surface area contributed by atoms with Crippen LogP contribution in [0.4, 0.5) is 10.7 Å². The van der Waals surface area contributed by atoms with Crippen LogP contribution in [0.3, 0.4) is 0 Å². The van der Waals surface area contributed by atoms with Crippen LogP contribution >= 0.6 is 57.4 Å². The van der Waals surface area contributed by atoms with E-state index in [-0.39, 0.29) is 59.0 Å². The number of nitrogens with one attached hydrogen (secondary N) is 1. The van der Waals surface area contributed by atoms with Gasteiger partial charge in [-0.1, -0.05) is 34.8 Å². The number of fused-ring (bicyclic) bond motifs is 1. The molecule has 27 heteroatoms. The Morgan fingerprint density at radius 3 is 1.89 bits per heavy atom. The van der Waals surface area contributed by atoms with Gasteiger partial charge >= 0.3 is 59.6 Å². The van der Waals surface area contributed by atoms with Gasteiger partial charge in [0.2, 0.25) is 10.0 Å². The SMILES string of the molecule is CCOC(=O)[C@@H](C)Oc1ccc(Oc2nc3ccc(Cl)cc3o2)cc1.COC(=O)C(C)Oc1ccc(Oc2ccc(Cl)cc2Cl)cc1.COC(=O)c1ccc(I)cc1S(=O)(=O)[N-]C(=O)Nc1nc(C)nc(OC)n1.[Na+]. The Hall–Kier alpha value is -6.19. The second-order valence-electron chi connectivity index (χ2n) is 14.4. The smallest absolute Gasteiger partial charge is 0.479 e. The Bertz CT molecular complexity index is 3220. The number of aryl methyl sites for hydroxylation is 1. The summed E-state index contributed by atoms with van der Waals surface area (Å²) in [6.45, 7) is 6.84. The van der Waals surface area contributed by atoms with Crippen molar-refractivity contribution in [2.24, 2.45) is 0 Å². The Balaban J connectivity index is 0.000000243. The zero-order valence-electron chi connectivity index (χ0n) is 41.0. The molecule has 390 valence electrons. The summed E-state index contributed by atoms with van der Waals surface area (Å²) in [5.74, 6) is 0.952. The first kappa shape index (κ1) is 61.4. The first-order valence-corrected chi connectivity index (χ1v) is 24.9. The van der Waals surface area contributed by atoms with Crippen molar-refractivity contribution in [2.75, 3.05) is 33.3 Å². The molecule has 7 rings (SSSR count). The van der Waals surface area contributed by atoms with E-state index in [1.807, 2.05) is 22.6 Å². The molecule has 5 aromatic carbocycles. The molecular formula is C48H43Cl3IN6NaO15S. The molecule has 0 spiro atoms. The molecule has 0 aliphatic carbocycles. The van der Waals surface area contributed by atoms with Gasteiger partial charge in [-0.2, -0.15) is 15.0 Å². The molecular weight excluding hydrogens is 1190 g/mol. The minimum atomic E-state index is -4.51. The third-order valence-corrected chi connectivity index (χ3v) is 11.8. The molecule has 21 nitrogen and oxygen atoms in total. The minimum absolute atomic E-state index is 0. The van der Waals surface area contributed by atoms with Gasteiger partial charge in [0.25, 0.3) is 0 Å². The summed E-state index contributed by atoms with van der Waals surface area (Å²) >= 11 is 19.7. The zero-order valence-corrected chi connectivity index (χ0v) is 48.2. The number of ether oxygens (including phenoxy) is 8. The fraction of sp³-hybridized carbons (Fsp3) is 0.208. The minimum Gasteiger partial charge on any atom is -0.479 e. The quantitative estimate of drug-likeness (QED) is 0.0413. The van der Waals surface area contributed by atoms with Gasteiger partial charge in [0.1, 0.15) is 40.1 Å². The van der Waals surface area contributed by atoms with Gasteiger partial charge in [-0.05, 0) is 147 Å². The molecule has 0 bridgehead atoms. The number of esters is 3. The number of hydrogen-bond acceptors (Lipinski definition) is 19. The molecule has 0 saturated heterocycles. The number of nitrogens with zero attached hydrogens (tertiary/aromatic N) is 5. The molecule has 75 heavy (non-hydrogen) atoms. The van der Waals surface area contributed by atoms with Gasteiger partial charge < -0.3 is 52.4 Å². The third-order valence-electron chi connectivity index (χ3n) is 9.04. The van der Waals surface area contributed by atoms with Crippen LogP contribution in [-0.2, 0) is 33.8 Å². The second-order valence-corrected chi connectivity index (χ2v) is 18.5. The molecule has 2 aromatic heterocycles. The number of carbonyl (C=O) groups is 4. The van der Waals surface area contributed by atoms with Gasteiger partial charge in [0.15, 0.2) is 29.8 Å². The predicted octanol–water partition coefficient (Wildman–Crippen LogP) is 8.21. The number of rotatable bonds is 16. The van der Waals surface area contributed by atoms with E-state index in [1.54, 1.807) is 106 Å². The molecule has 1 unspecified atom stereocenters. The van der Waals surface area contributed by atoms with E-state index in [2.05, 4.69) is 39.4 Å². The Labute approximate surface area is 480 Å². The van der Waals surface area contributed by atoms with Gasteiger partial charge in [0, 0.05) is 19.7 Å². The number of benzene rings is 5. The summed E-state index contributed by atoms with van der Waals surface area (Å²) in [4.78, 5) is 61.9. The number of methoxy groups -OCH3 is 3. The molecule has 2 atom stereocenters. The van der Waals surface area contributed by atoms with Crippen LogP contribution in [0.5, 0.6) is 40.8 Å². The van der Waals surface area contributed by atoms with Gasteiger partial charge in [-0.25, -0.2) is 27.8 Å². The number of anilines is 1. The molecule has 2 amide bonds. The second kappa shape index (κ2) is 29.2. The van der Waals surface area contributed by atoms with Crippen LogP contribution in [-0.4, -0.2) is 92.4 Å². The monoisotopic (exact) mass is 1230 g/mol. The summed E-state index contributed by atoms with van der Waals surface area (Å²) in [6, 6.07) is 26.4. The van der Waals surface area contributed by atoms with Crippen molar-refractivity contribution in [3.8, 4) is 40.8 Å². The Morgan fingerprint density at radius 1 is 0.720 bits per heavy atom. The van der Waals surface area contributed by atoms with Crippen LogP contribution in [0.15, 0.2) is 112 Å². The van der Waals surface area contributed by atoms with E-state index in [4.69, 9.17) is 67.6 Å². The maximum absolute atomic E-state index is 12.5. The third kappa shape index (κ3) is 18.9. The van der Waals surface area contributed by atoms with Crippen molar-refractivity contribution in [1.29, 1.82) is 0 Å². The van der Waals surface area contributed by atoms with Crippen LogP contribution in [0, 0.1) is 10.5 Å². The number of aromatic nitrogens is 4. The summed E-state index contributed by atoms with van der Waals surface area (Å²) in [7, 11) is -0.766. The number of amides is 2. The summed E-state index contributed by atoms with van der Waals surface area (Å²) < 4.78 is 75.2. The fourth-order valence-corrected chi connectivity index (χ4v) is 8.06. The topological polar surface area (TPSA) is 267 Å².